The van der Waals surface area contributed by atoms with Crippen molar-refractivity contribution in [3.05, 3.63) is 45.1 Å². The predicted molar refractivity (Wildman–Crippen MR) is 82.9 cm³/mol. The van der Waals surface area contributed by atoms with Crippen LogP contribution in [0.4, 0.5) is 0 Å². The summed E-state index contributed by atoms with van der Waals surface area (Å²) in [6, 6.07) is 8.15. The van der Waals surface area contributed by atoms with Gasteiger partial charge in [-0.3, -0.25) is 0 Å². The molecule has 0 radical (unpaired) electrons. The maximum absolute atomic E-state index is 5.83. The molecular weight excluding hydrogens is 286 g/mol. The second-order valence-electron chi connectivity index (χ2n) is 5.00. The zero-order valence-electron chi connectivity index (χ0n) is 12.3. The molecule has 0 fully saturated rings. The second kappa shape index (κ2) is 6.47. The van der Waals surface area contributed by atoms with Crippen LogP contribution in [0.5, 0.6) is 11.5 Å². The van der Waals surface area contributed by atoms with E-state index in [1.807, 2.05) is 36.6 Å². The summed E-state index contributed by atoms with van der Waals surface area (Å²) in [5.74, 6) is 1.61. The molecule has 2 aromatic rings. The minimum absolute atomic E-state index is 0.308. The smallest absolute Gasteiger partial charge is 0.231 e. The summed E-state index contributed by atoms with van der Waals surface area (Å²) < 4.78 is 16.5. The number of rotatable bonds is 6. The van der Waals surface area contributed by atoms with Gasteiger partial charge in [-0.25, -0.2) is 0 Å². The van der Waals surface area contributed by atoms with E-state index >= 15 is 0 Å². The summed E-state index contributed by atoms with van der Waals surface area (Å²) in [6.07, 6.45) is 0. The Labute approximate surface area is 128 Å². The first-order valence-electron chi connectivity index (χ1n) is 6.95. The molecular formula is C16H19NO3S. The number of hydrogen-bond acceptors (Lipinski definition) is 5. The third-order valence-electron chi connectivity index (χ3n) is 3.39. The number of thiophene rings is 1. The minimum Gasteiger partial charge on any atom is -0.454 e. The number of aryl methyl sites for hydroxylation is 1. The Hall–Kier alpha value is -1.56. The Morgan fingerprint density at radius 1 is 1.19 bits per heavy atom. The Bertz CT molecular complexity index is 624. The van der Waals surface area contributed by atoms with Crippen LogP contribution in [-0.4, -0.2) is 13.8 Å². The van der Waals surface area contributed by atoms with Gasteiger partial charge in [0.1, 0.15) is 0 Å². The van der Waals surface area contributed by atoms with Crippen molar-refractivity contribution in [3.8, 4) is 11.5 Å². The van der Waals surface area contributed by atoms with E-state index in [1.165, 1.54) is 15.3 Å². The summed E-state index contributed by atoms with van der Waals surface area (Å²) in [7, 11) is 1.96. The zero-order chi connectivity index (χ0) is 14.7. The molecule has 2 heterocycles. The van der Waals surface area contributed by atoms with Crippen LogP contribution >= 0.6 is 11.3 Å². The van der Waals surface area contributed by atoms with Crippen molar-refractivity contribution in [3.63, 3.8) is 0 Å². The maximum atomic E-state index is 5.83. The van der Waals surface area contributed by atoms with Crippen molar-refractivity contribution in [2.75, 3.05) is 13.8 Å². The monoisotopic (exact) mass is 305 g/mol. The topological polar surface area (TPSA) is 39.7 Å². The molecule has 0 aliphatic carbocycles. The molecule has 0 saturated carbocycles. The molecule has 1 aromatic carbocycles. The van der Waals surface area contributed by atoms with Gasteiger partial charge in [0.05, 0.1) is 13.2 Å². The van der Waals surface area contributed by atoms with E-state index in [0.29, 0.717) is 20.0 Å². The summed E-state index contributed by atoms with van der Waals surface area (Å²) in [6.45, 7) is 4.58. The van der Waals surface area contributed by atoms with Crippen molar-refractivity contribution < 1.29 is 14.2 Å². The first-order chi connectivity index (χ1) is 10.3. The lowest BCUT2D eigenvalue weighted by Crippen LogP contribution is -2.02. The SMILES string of the molecule is CNCc1cc(COCc2ccc3c(c2)OCO3)c(C)s1. The number of benzene rings is 1. The summed E-state index contributed by atoms with van der Waals surface area (Å²) in [5.41, 5.74) is 2.37. The molecule has 1 N–H and O–H groups in total. The average molecular weight is 305 g/mol. The van der Waals surface area contributed by atoms with Gasteiger partial charge >= 0.3 is 0 Å². The van der Waals surface area contributed by atoms with Crippen LogP contribution in [0, 0.1) is 6.92 Å². The van der Waals surface area contributed by atoms with Crippen LogP contribution in [-0.2, 0) is 24.5 Å². The zero-order valence-corrected chi connectivity index (χ0v) is 13.1. The van der Waals surface area contributed by atoms with Crippen molar-refractivity contribution in [1.82, 2.24) is 5.32 Å². The molecule has 0 spiro atoms. The summed E-state index contributed by atoms with van der Waals surface area (Å²) in [5, 5.41) is 3.17. The Kier molecular flexibility index (Phi) is 4.43. The fourth-order valence-electron chi connectivity index (χ4n) is 2.30. The number of nitrogens with one attached hydrogen (secondary N) is 1. The van der Waals surface area contributed by atoms with Crippen molar-refractivity contribution in [1.29, 1.82) is 0 Å². The lowest BCUT2D eigenvalue weighted by Gasteiger charge is -2.05. The van der Waals surface area contributed by atoms with Gasteiger partial charge in [0, 0.05) is 16.3 Å². The largest absolute Gasteiger partial charge is 0.454 e. The van der Waals surface area contributed by atoms with Gasteiger partial charge in [0.15, 0.2) is 11.5 Å². The molecule has 3 rings (SSSR count). The van der Waals surface area contributed by atoms with Crippen molar-refractivity contribution in [2.24, 2.45) is 0 Å². The fourth-order valence-corrected chi connectivity index (χ4v) is 3.36. The highest BCUT2D eigenvalue weighted by Gasteiger charge is 2.13. The lowest BCUT2D eigenvalue weighted by molar-refractivity contribution is 0.107. The van der Waals surface area contributed by atoms with Gasteiger partial charge in [0.2, 0.25) is 6.79 Å². The first-order valence-corrected chi connectivity index (χ1v) is 7.77. The number of hydrogen-bond donors (Lipinski definition) is 1. The standard InChI is InChI=1S/C16H19NO3S/c1-11-13(6-14(21-11)7-17-2)9-18-8-12-3-4-15-16(5-12)20-10-19-15/h3-6,17H,7-10H2,1-2H3. The van der Waals surface area contributed by atoms with E-state index < -0.39 is 0 Å². The molecule has 1 aliphatic rings. The molecule has 1 aromatic heterocycles. The van der Waals surface area contributed by atoms with Crippen LogP contribution in [0.2, 0.25) is 0 Å². The van der Waals surface area contributed by atoms with Gasteiger partial charge in [-0.2, -0.15) is 0 Å². The highest BCUT2D eigenvalue weighted by Crippen LogP contribution is 2.32. The normalized spacial score (nSPS) is 12.9. The van der Waals surface area contributed by atoms with Gasteiger partial charge in [-0.1, -0.05) is 6.07 Å². The van der Waals surface area contributed by atoms with Crippen LogP contribution in [0.3, 0.4) is 0 Å². The highest BCUT2D eigenvalue weighted by atomic mass is 32.1. The van der Waals surface area contributed by atoms with E-state index in [2.05, 4.69) is 18.3 Å². The molecule has 1 aliphatic heterocycles. The molecule has 5 heteroatoms. The van der Waals surface area contributed by atoms with E-state index in [-0.39, 0.29) is 0 Å². The Balaban J connectivity index is 1.56. The molecule has 0 unspecified atom stereocenters. The molecule has 0 bridgehead atoms. The Morgan fingerprint density at radius 2 is 2.05 bits per heavy atom. The molecule has 0 amide bonds. The second-order valence-corrected chi connectivity index (χ2v) is 6.35. The van der Waals surface area contributed by atoms with Gasteiger partial charge in [-0.15, -0.1) is 11.3 Å². The summed E-state index contributed by atoms with van der Waals surface area (Å²) in [4.78, 5) is 2.67. The van der Waals surface area contributed by atoms with Crippen molar-refractivity contribution in [2.45, 2.75) is 26.7 Å². The third-order valence-corrected chi connectivity index (χ3v) is 4.48. The van der Waals surface area contributed by atoms with E-state index in [0.717, 1.165) is 23.6 Å². The van der Waals surface area contributed by atoms with Crippen LogP contribution in [0.15, 0.2) is 24.3 Å². The van der Waals surface area contributed by atoms with Gasteiger partial charge < -0.3 is 19.5 Å². The van der Waals surface area contributed by atoms with Crippen LogP contribution in [0.1, 0.15) is 20.9 Å². The maximum Gasteiger partial charge on any atom is 0.231 e. The van der Waals surface area contributed by atoms with E-state index in [9.17, 15) is 0 Å². The average Bonchev–Trinajstić information content (AvgIpc) is 3.06. The predicted octanol–water partition coefficient (Wildman–Crippen LogP) is 3.22. The van der Waals surface area contributed by atoms with E-state index in [1.54, 1.807) is 0 Å². The number of fused-ring (bicyclic) bond motifs is 1. The van der Waals surface area contributed by atoms with Crippen LogP contribution in [0.25, 0.3) is 0 Å². The quantitative estimate of drug-likeness (QED) is 0.889. The summed E-state index contributed by atoms with van der Waals surface area (Å²) >= 11 is 1.82. The minimum atomic E-state index is 0.308. The lowest BCUT2D eigenvalue weighted by atomic mass is 10.2. The fraction of sp³-hybridized carbons (Fsp3) is 0.375. The third kappa shape index (κ3) is 3.37. The molecule has 21 heavy (non-hydrogen) atoms. The Morgan fingerprint density at radius 3 is 2.90 bits per heavy atom. The van der Waals surface area contributed by atoms with Gasteiger partial charge in [-0.05, 0) is 43.3 Å². The molecule has 0 saturated heterocycles. The molecule has 4 nitrogen and oxygen atoms in total. The van der Waals surface area contributed by atoms with Gasteiger partial charge in [0.25, 0.3) is 0 Å². The first kappa shape index (κ1) is 14.4. The number of ether oxygens (including phenoxy) is 3. The van der Waals surface area contributed by atoms with Crippen LogP contribution < -0.4 is 14.8 Å². The van der Waals surface area contributed by atoms with Crippen molar-refractivity contribution >= 4 is 11.3 Å². The molecule has 0 atom stereocenters. The highest BCUT2D eigenvalue weighted by molar-refractivity contribution is 7.12. The van der Waals surface area contributed by atoms with E-state index in [4.69, 9.17) is 14.2 Å². The molecule has 112 valence electrons.